The van der Waals surface area contributed by atoms with Crippen molar-refractivity contribution in [2.45, 2.75) is 76.1 Å². The molecule has 0 heterocycles. The van der Waals surface area contributed by atoms with Crippen LogP contribution in [-0.4, -0.2) is 47.1 Å². The fraction of sp³-hybridized carbons (Fsp3) is 0.500. The lowest BCUT2D eigenvalue weighted by Crippen LogP contribution is -2.49. The average molecular weight is 505 g/mol. The molecule has 36 heavy (non-hydrogen) atoms. The predicted molar refractivity (Wildman–Crippen MR) is 132 cm³/mol. The van der Waals surface area contributed by atoms with Crippen molar-refractivity contribution < 1.29 is 27.9 Å². The molecule has 1 aliphatic carbocycles. The molecule has 1 atom stereocenters. The zero-order valence-electron chi connectivity index (χ0n) is 21.1. The number of hydrogen-bond donors (Lipinski definition) is 2. The predicted octanol–water partition coefficient (Wildman–Crippen LogP) is 5.33. The molecule has 2 amide bonds. The molecule has 1 saturated carbocycles. The average Bonchev–Trinajstić information content (AvgIpc) is 2.86. The Morgan fingerprint density at radius 1 is 1.06 bits per heavy atom. The maximum absolute atomic E-state index is 13.4. The van der Waals surface area contributed by atoms with Gasteiger partial charge in [-0.25, -0.2) is 0 Å². The molecule has 1 fully saturated rings. The van der Waals surface area contributed by atoms with Gasteiger partial charge in [0.25, 0.3) is 5.91 Å². The molecule has 0 bridgehead atoms. The highest BCUT2D eigenvalue weighted by Gasteiger charge is 2.51. The third kappa shape index (κ3) is 5.91. The first-order valence-electron chi connectivity index (χ1n) is 12.4. The molecule has 2 aromatic rings. The molecule has 5 nitrogen and oxygen atoms in total. The summed E-state index contributed by atoms with van der Waals surface area (Å²) in [5, 5.41) is 12.9. The van der Waals surface area contributed by atoms with Gasteiger partial charge < -0.3 is 15.3 Å². The second-order valence-corrected chi connectivity index (χ2v) is 9.93. The highest BCUT2D eigenvalue weighted by molar-refractivity contribution is 5.94. The van der Waals surface area contributed by atoms with Crippen molar-refractivity contribution in [3.8, 4) is 0 Å². The molecule has 0 radical (unpaired) electrons. The zero-order chi connectivity index (χ0) is 26.6. The Bertz CT molecular complexity index is 1030. The summed E-state index contributed by atoms with van der Waals surface area (Å²) < 4.78 is 39.6. The van der Waals surface area contributed by atoms with Gasteiger partial charge in [0.1, 0.15) is 0 Å². The van der Waals surface area contributed by atoms with Gasteiger partial charge in [-0.2, -0.15) is 13.2 Å². The Morgan fingerprint density at radius 3 is 2.14 bits per heavy atom. The molecule has 8 heteroatoms. The normalized spacial score (nSPS) is 21.9. The van der Waals surface area contributed by atoms with Gasteiger partial charge in [0, 0.05) is 37.0 Å². The summed E-state index contributed by atoms with van der Waals surface area (Å²) in [4.78, 5) is 26.9. The van der Waals surface area contributed by atoms with Crippen LogP contribution < -0.4 is 5.32 Å². The van der Waals surface area contributed by atoms with Crippen LogP contribution in [0.3, 0.4) is 0 Å². The summed E-state index contributed by atoms with van der Waals surface area (Å²) in [6.45, 7) is 5.26. The lowest BCUT2D eigenvalue weighted by atomic mass is 9.67. The van der Waals surface area contributed by atoms with Gasteiger partial charge >= 0.3 is 6.18 Å². The number of carbonyl (C=O) groups excluding carboxylic acids is 2. The second-order valence-electron chi connectivity index (χ2n) is 9.93. The molecule has 1 aliphatic rings. The number of aliphatic hydroxyl groups is 1. The molecule has 0 aliphatic heterocycles. The molecule has 0 unspecified atom stereocenters. The Hall–Kier alpha value is -2.87. The van der Waals surface area contributed by atoms with Crippen molar-refractivity contribution in [3.05, 3.63) is 71.3 Å². The maximum atomic E-state index is 13.4. The van der Waals surface area contributed by atoms with Crippen LogP contribution in [0.25, 0.3) is 0 Å². The Balaban J connectivity index is 1.78. The number of nitrogens with one attached hydrogen (secondary N) is 1. The van der Waals surface area contributed by atoms with Crippen LogP contribution in [0.2, 0.25) is 0 Å². The minimum atomic E-state index is -4.82. The number of alkyl halides is 3. The van der Waals surface area contributed by atoms with Gasteiger partial charge in [0.05, 0.1) is 0 Å². The highest BCUT2D eigenvalue weighted by atomic mass is 19.4. The fourth-order valence-electron chi connectivity index (χ4n) is 5.08. The number of nitrogens with zero attached hydrogens (tertiary/aromatic N) is 1. The molecule has 2 aromatic carbocycles. The summed E-state index contributed by atoms with van der Waals surface area (Å²) in [5.74, 6) is -0.308. The number of amides is 2. The maximum Gasteiger partial charge on any atom is 0.421 e. The van der Waals surface area contributed by atoms with Crippen LogP contribution in [-0.2, 0) is 15.8 Å². The topological polar surface area (TPSA) is 69.6 Å². The standard InChI is InChI=1S/C28H35F3N2O3/c1-4-18-33(25(35)21-10-12-22(13-11-21)26(3,36)28(29,30)31)24-14-16-27(17-15-24,19-32-20(2)34)23-8-6-5-7-9-23/h5-13,24,36H,4,14-19H2,1-3H3,(H,32,34)/t24?,26-,27?/m0/s1. The van der Waals surface area contributed by atoms with Crippen molar-refractivity contribution >= 4 is 11.8 Å². The number of halogens is 3. The van der Waals surface area contributed by atoms with Crippen molar-refractivity contribution in [1.29, 1.82) is 0 Å². The van der Waals surface area contributed by atoms with Crippen molar-refractivity contribution in [1.82, 2.24) is 10.2 Å². The molecule has 0 aromatic heterocycles. The first-order valence-corrected chi connectivity index (χ1v) is 12.4. The summed E-state index contributed by atoms with van der Waals surface area (Å²) in [6.07, 6.45) is -0.982. The Kier molecular flexibility index (Phi) is 8.49. The molecular weight excluding hydrogens is 469 g/mol. The van der Waals surface area contributed by atoms with Gasteiger partial charge in [0.15, 0.2) is 5.60 Å². The van der Waals surface area contributed by atoms with Crippen LogP contribution >= 0.6 is 0 Å². The minimum Gasteiger partial charge on any atom is -0.376 e. The Morgan fingerprint density at radius 2 is 1.64 bits per heavy atom. The Labute approximate surface area is 210 Å². The highest BCUT2D eigenvalue weighted by Crippen LogP contribution is 2.41. The zero-order valence-corrected chi connectivity index (χ0v) is 21.1. The summed E-state index contributed by atoms with van der Waals surface area (Å²) in [7, 11) is 0. The van der Waals surface area contributed by atoms with Crippen molar-refractivity contribution in [3.63, 3.8) is 0 Å². The van der Waals surface area contributed by atoms with Gasteiger partial charge in [0.2, 0.25) is 5.91 Å². The van der Waals surface area contributed by atoms with E-state index in [0.29, 0.717) is 25.6 Å². The first-order chi connectivity index (χ1) is 16.9. The third-order valence-corrected chi connectivity index (χ3v) is 7.39. The first kappa shape index (κ1) is 27.7. The van der Waals surface area contributed by atoms with Crippen LogP contribution in [0.4, 0.5) is 13.2 Å². The second kappa shape index (κ2) is 11.0. The fourth-order valence-corrected chi connectivity index (χ4v) is 5.08. The van der Waals surface area contributed by atoms with Crippen molar-refractivity contribution in [2.75, 3.05) is 13.1 Å². The van der Waals surface area contributed by atoms with Crippen LogP contribution in [0.1, 0.15) is 74.4 Å². The van der Waals surface area contributed by atoms with Gasteiger partial charge in [-0.1, -0.05) is 49.4 Å². The van der Waals surface area contributed by atoms with Gasteiger partial charge in [-0.3, -0.25) is 9.59 Å². The molecule has 0 saturated heterocycles. The van der Waals surface area contributed by atoms with E-state index in [1.54, 1.807) is 0 Å². The van der Waals surface area contributed by atoms with Gasteiger partial charge in [-0.15, -0.1) is 0 Å². The van der Waals surface area contributed by atoms with E-state index in [1.807, 2.05) is 30.0 Å². The lowest BCUT2D eigenvalue weighted by molar-refractivity contribution is -0.258. The van der Waals surface area contributed by atoms with E-state index in [9.17, 15) is 27.9 Å². The third-order valence-electron chi connectivity index (χ3n) is 7.39. The molecule has 0 spiro atoms. The molecule has 3 rings (SSSR count). The SMILES string of the molecule is CCCN(C(=O)c1ccc([C@](C)(O)C(F)(F)F)cc1)C1CCC(CNC(C)=O)(c2ccccc2)CC1. The summed E-state index contributed by atoms with van der Waals surface area (Å²) >= 11 is 0. The van der Waals surface area contributed by atoms with E-state index in [-0.39, 0.29) is 28.8 Å². The lowest BCUT2D eigenvalue weighted by Gasteiger charge is -2.44. The number of carbonyl (C=O) groups is 2. The molecular formula is C28H35F3N2O3. The van der Waals surface area contributed by atoms with Gasteiger partial charge in [-0.05, 0) is 62.3 Å². The molecule has 196 valence electrons. The van der Waals surface area contributed by atoms with Crippen LogP contribution in [0.5, 0.6) is 0 Å². The van der Waals surface area contributed by atoms with E-state index in [1.165, 1.54) is 31.2 Å². The van der Waals surface area contributed by atoms with Crippen LogP contribution in [0.15, 0.2) is 54.6 Å². The quantitative estimate of drug-likeness (QED) is 0.511. The molecule has 2 N–H and O–H groups in total. The minimum absolute atomic E-state index is 0.00965. The number of benzene rings is 2. The van der Waals surface area contributed by atoms with E-state index in [0.717, 1.165) is 37.7 Å². The van der Waals surface area contributed by atoms with Crippen LogP contribution in [0, 0.1) is 0 Å². The van der Waals surface area contributed by atoms with E-state index >= 15 is 0 Å². The smallest absolute Gasteiger partial charge is 0.376 e. The van der Waals surface area contributed by atoms with Crippen molar-refractivity contribution in [2.24, 2.45) is 0 Å². The van der Waals surface area contributed by atoms with E-state index in [2.05, 4.69) is 17.4 Å². The summed E-state index contributed by atoms with van der Waals surface area (Å²) in [5.41, 5.74) is -2.05. The van der Waals surface area contributed by atoms with E-state index < -0.39 is 11.8 Å². The largest absolute Gasteiger partial charge is 0.421 e. The summed E-state index contributed by atoms with van der Waals surface area (Å²) in [6, 6.07) is 15.1. The monoisotopic (exact) mass is 504 g/mol. The van der Waals surface area contributed by atoms with E-state index in [4.69, 9.17) is 0 Å². The number of hydrogen-bond acceptors (Lipinski definition) is 3. The number of rotatable bonds is 8.